The molecule has 0 heterocycles. The molecule has 0 fully saturated rings. The van der Waals surface area contributed by atoms with E-state index in [2.05, 4.69) is 55.4 Å². The molecule has 0 unspecified atom stereocenters. The minimum atomic E-state index is -4.54. The van der Waals surface area contributed by atoms with E-state index in [1.807, 2.05) is 19.9 Å². The predicted molar refractivity (Wildman–Crippen MR) is 112 cm³/mol. The summed E-state index contributed by atoms with van der Waals surface area (Å²) >= 11 is 0. The number of phenolic OH excluding ortho intramolecular Hbond substituents is 1. The van der Waals surface area contributed by atoms with Crippen LogP contribution in [-0.4, -0.2) is 18.1 Å². The Balaban J connectivity index is 3.76. The summed E-state index contributed by atoms with van der Waals surface area (Å²) in [6, 6.07) is 3.34. The van der Waals surface area contributed by atoms with E-state index in [4.69, 9.17) is 0 Å². The van der Waals surface area contributed by atoms with Crippen molar-refractivity contribution >= 4 is 10.1 Å². The van der Waals surface area contributed by atoms with Crippen LogP contribution in [-0.2, 0) is 20.9 Å². The molecule has 0 radical (unpaired) electrons. The van der Waals surface area contributed by atoms with Crippen molar-refractivity contribution in [3.05, 3.63) is 23.3 Å². The van der Waals surface area contributed by atoms with Gasteiger partial charge in [0.1, 0.15) is 10.6 Å². The molecule has 156 valence electrons. The van der Waals surface area contributed by atoms with Gasteiger partial charge in [0.15, 0.2) is 0 Å². The summed E-state index contributed by atoms with van der Waals surface area (Å²) in [5.74, 6) is -0.345. The highest BCUT2D eigenvalue weighted by molar-refractivity contribution is 7.86. The zero-order valence-electron chi connectivity index (χ0n) is 18.7. The largest absolute Gasteiger partial charge is 0.506 e. The quantitative estimate of drug-likeness (QED) is 0.591. The molecule has 1 rings (SSSR count). The monoisotopic (exact) mass is 398 g/mol. The van der Waals surface area contributed by atoms with Gasteiger partial charge in [-0.25, -0.2) is 0 Å². The van der Waals surface area contributed by atoms with Gasteiger partial charge in [0, 0.05) is 5.56 Å². The van der Waals surface area contributed by atoms with Crippen molar-refractivity contribution in [2.24, 2.45) is 10.8 Å². The molecule has 0 saturated carbocycles. The van der Waals surface area contributed by atoms with Gasteiger partial charge in [-0.1, -0.05) is 75.3 Å². The van der Waals surface area contributed by atoms with Crippen LogP contribution in [0.2, 0.25) is 0 Å². The molecule has 1 aromatic rings. The third kappa shape index (κ3) is 6.49. The number of benzene rings is 1. The lowest BCUT2D eigenvalue weighted by Gasteiger charge is -2.37. The van der Waals surface area contributed by atoms with Crippen molar-refractivity contribution in [2.75, 3.05) is 0 Å². The molecule has 5 heteroatoms. The summed E-state index contributed by atoms with van der Waals surface area (Å²) in [6.45, 7) is 20.9. The number of hydrogen-bond donors (Lipinski definition) is 2. The van der Waals surface area contributed by atoms with E-state index in [0.29, 0.717) is 5.56 Å². The Morgan fingerprint density at radius 3 is 1.56 bits per heavy atom. The lowest BCUT2D eigenvalue weighted by atomic mass is 9.68. The van der Waals surface area contributed by atoms with E-state index in [-0.39, 0.29) is 22.0 Å². The molecule has 0 atom stereocenters. The lowest BCUT2D eigenvalue weighted by molar-refractivity contribution is 0.273. The van der Waals surface area contributed by atoms with Crippen LogP contribution in [0.4, 0.5) is 0 Å². The van der Waals surface area contributed by atoms with Gasteiger partial charge in [0.2, 0.25) is 0 Å². The third-order valence-electron chi connectivity index (χ3n) is 4.81. The molecule has 27 heavy (non-hydrogen) atoms. The normalized spacial score (nSPS) is 14.5. The molecule has 0 aromatic heterocycles. The van der Waals surface area contributed by atoms with E-state index in [1.165, 1.54) is 6.07 Å². The Kier molecular flexibility index (Phi) is 6.28. The second-order valence-electron chi connectivity index (χ2n) is 11.6. The van der Waals surface area contributed by atoms with Gasteiger partial charge < -0.3 is 5.11 Å². The van der Waals surface area contributed by atoms with Gasteiger partial charge in [-0.15, -0.1) is 0 Å². The van der Waals surface area contributed by atoms with Crippen molar-refractivity contribution in [1.82, 2.24) is 0 Å². The SMILES string of the molecule is CC(C)(C)CC(C)(C)c1cc(C(C)(C)CC(C)(C)C)c(O)c(S(=O)(=O)O)c1. The molecule has 2 N–H and O–H groups in total. The van der Waals surface area contributed by atoms with Crippen molar-refractivity contribution in [2.45, 2.75) is 97.8 Å². The molecule has 0 saturated heterocycles. The molecule has 4 nitrogen and oxygen atoms in total. The van der Waals surface area contributed by atoms with Gasteiger partial charge in [-0.2, -0.15) is 8.42 Å². The first-order valence-corrected chi connectivity index (χ1v) is 11.0. The van der Waals surface area contributed by atoms with Gasteiger partial charge in [-0.05, 0) is 46.1 Å². The Hall–Kier alpha value is -1.07. The Morgan fingerprint density at radius 2 is 1.19 bits per heavy atom. The molecular formula is C22H38O4S. The first-order chi connectivity index (χ1) is 11.7. The molecule has 0 spiro atoms. The first-order valence-electron chi connectivity index (χ1n) is 9.51. The van der Waals surface area contributed by atoms with E-state index < -0.39 is 20.4 Å². The summed E-state index contributed by atoms with van der Waals surface area (Å²) in [4.78, 5) is -0.404. The van der Waals surface area contributed by atoms with Crippen LogP contribution >= 0.6 is 0 Å². The van der Waals surface area contributed by atoms with Crippen LogP contribution in [0.3, 0.4) is 0 Å². The average molecular weight is 399 g/mol. The van der Waals surface area contributed by atoms with E-state index >= 15 is 0 Å². The summed E-state index contributed by atoms with van der Waals surface area (Å²) in [5, 5.41) is 10.7. The highest BCUT2D eigenvalue weighted by Gasteiger charge is 2.35. The Bertz CT molecular complexity index is 789. The maximum Gasteiger partial charge on any atom is 0.298 e. The second-order valence-corrected chi connectivity index (χ2v) is 13.0. The van der Waals surface area contributed by atoms with Crippen LogP contribution in [0.15, 0.2) is 17.0 Å². The average Bonchev–Trinajstić information content (AvgIpc) is 2.30. The standard InChI is InChI=1S/C22H38O4S/c1-19(2,3)13-21(7,8)15-11-16(22(9,10)14-20(4,5)6)18(23)17(12-15)27(24,25)26/h11-12,23H,13-14H2,1-10H3,(H,24,25,26). The topological polar surface area (TPSA) is 74.6 Å². The summed E-state index contributed by atoms with van der Waals surface area (Å²) in [5.41, 5.74) is 0.615. The van der Waals surface area contributed by atoms with Gasteiger partial charge >= 0.3 is 0 Å². The number of phenols is 1. The van der Waals surface area contributed by atoms with E-state index in [9.17, 15) is 18.1 Å². The fourth-order valence-corrected chi connectivity index (χ4v) is 5.19. The van der Waals surface area contributed by atoms with Crippen molar-refractivity contribution in [3.8, 4) is 5.75 Å². The Labute approximate surface area is 166 Å². The molecule has 1 aromatic carbocycles. The summed E-state index contributed by atoms with van der Waals surface area (Å²) < 4.78 is 33.7. The molecular weight excluding hydrogens is 360 g/mol. The highest BCUT2D eigenvalue weighted by Crippen LogP contribution is 2.46. The number of aromatic hydroxyl groups is 1. The minimum absolute atomic E-state index is 0.00880. The number of hydrogen-bond acceptors (Lipinski definition) is 3. The van der Waals surface area contributed by atoms with Crippen molar-refractivity contribution in [1.29, 1.82) is 0 Å². The van der Waals surface area contributed by atoms with Crippen LogP contribution < -0.4 is 0 Å². The van der Waals surface area contributed by atoms with Crippen LogP contribution in [0, 0.1) is 10.8 Å². The zero-order valence-corrected chi connectivity index (χ0v) is 19.5. The first kappa shape index (κ1) is 24.0. The fourth-order valence-electron chi connectivity index (χ4n) is 4.56. The van der Waals surface area contributed by atoms with Crippen LogP contribution in [0.25, 0.3) is 0 Å². The minimum Gasteiger partial charge on any atom is -0.506 e. The van der Waals surface area contributed by atoms with E-state index in [1.54, 1.807) is 0 Å². The van der Waals surface area contributed by atoms with Crippen LogP contribution in [0.1, 0.15) is 93.2 Å². The van der Waals surface area contributed by atoms with Crippen LogP contribution in [0.5, 0.6) is 5.75 Å². The smallest absolute Gasteiger partial charge is 0.298 e. The summed E-state index contributed by atoms with van der Waals surface area (Å²) in [7, 11) is -4.54. The molecule has 0 aliphatic rings. The molecule has 0 bridgehead atoms. The predicted octanol–water partition coefficient (Wildman–Crippen LogP) is 6.07. The molecule has 0 amide bonds. The van der Waals surface area contributed by atoms with Crippen molar-refractivity contribution < 1.29 is 18.1 Å². The van der Waals surface area contributed by atoms with Gasteiger partial charge in [-0.3, -0.25) is 4.55 Å². The van der Waals surface area contributed by atoms with Crippen molar-refractivity contribution in [3.63, 3.8) is 0 Å². The van der Waals surface area contributed by atoms with Gasteiger partial charge in [0.25, 0.3) is 10.1 Å². The Morgan fingerprint density at radius 1 is 0.778 bits per heavy atom. The maximum absolute atomic E-state index is 12.0. The third-order valence-corrected chi connectivity index (χ3v) is 5.68. The molecule has 0 aliphatic heterocycles. The fraction of sp³-hybridized carbons (Fsp3) is 0.727. The molecule has 0 aliphatic carbocycles. The highest BCUT2D eigenvalue weighted by atomic mass is 32.2. The number of rotatable bonds is 5. The lowest BCUT2D eigenvalue weighted by Crippen LogP contribution is -2.28. The zero-order chi connectivity index (χ0) is 21.6. The van der Waals surface area contributed by atoms with Gasteiger partial charge in [0.05, 0.1) is 0 Å². The van der Waals surface area contributed by atoms with E-state index in [0.717, 1.165) is 18.4 Å². The maximum atomic E-state index is 12.0. The summed E-state index contributed by atoms with van der Waals surface area (Å²) in [6.07, 6.45) is 1.58. The second kappa shape index (κ2) is 7.07.